The minimum atomic E-state index is 0.0798. The van der Waals surface area contributed by atoms with Gasteiger partial charge in [-0.3, -0.25) is 0 Å². The van der Waals surface area contributed by atoms with E-state index < -0.39 is 0 Å². The van der Waals surface area contributed by atoms with Crippen LogP contribution in [-0.2, 0) is 0 Å². The Morgan fingerprint density at radius 1 is 1.64 bits per heavy atom. The smallest absolute Gasteiger partial charge is 0.115 e. The molecular formula is C8H13N3. The third-order valence-electron chi connectivity index (χ3n) is 1.79. The number of hydrogen-bond acceptors (Lipinski definition) is 3. The molecule has 0 aliphatic heterocycles. The van der Waals surface area contributed by atoms with Crippen LogP contribution < -0.4 is 5.73 Å². The van der Waals surface area contributed by atoms with Crippen molar-refractivity contribution in [3.8, 4) is 0 Å². The van der Waals surface area contributed by atoms with Crippen LogP contribution in [0.5, 0.6) is 0 Å². The van der Waals surface area contributed by atoms with Gasteiger partial charge < -0.3 is 5.73 Å². The van der Waals surface area contributed by atoms with Crippen LogP contribution in [0.4, 0.5) is 0 Å². The number of nitrogens with two attached hydrogens (primary N) is 1. The van der Waals surface area contributed by atoms with Crippen molar-refractivity contribution in [1.29, 1.82) is 0 Å². The van der Waals surface area contributed by atoms with Gasteiger partial charge in [0.25, 0.3) is 0 Å². The van der Waals surface area contributed by atoms with Gasteiger partial charge in [-0.2, -0.15) is 0 Å². The van der Waals surface area contributed by atoms with Crippen molar-refractivity contribution in [2.75, 3.05) is 0 Å². The highest BCUT2D eigenvalue weighted by atomic mass is 14.8. The number of rotatable bonds is 2. The summed E-state index contributed by atoms with van der Waals surface area (Å²) < 4.78 is 0. The number of aromatic nitrogens is 2. The first-order valence-corrected chi connectivity index (χ1v) is 3.77. The zero-order valence-corrected chi connectivity index (χ0v) is 6.91. The molecule has 1 heterocycles. The average molecular weight is 151 g/mol. The van der Waals surface area contributed by atoms with Crippen LogP contribution in [0.15, 0.2) is 12.5 Å². The molecule has 0 amide bonds. The van der Waals surface area contributed by atoms with Gasteiger partial charge in [0.15, 0.2) is 0 Å². The van der Waals surface area contributed by atoms with E-state index in [2.05, 4.69) is 16.9 Å². The maximum Gasteiger partial charge on any atom is 0.115 e. The Kier molecular flexibility index (Phi) is 2.54. The number of hydrogen-bond donors (Lipinski definition) is 1. The molecule has 2 N–H and O–H groups in total. The van der Waals surface area contributed by atoms with Crippen LogP contribution >= 0.6 is 0 Å². The molecular weight excluding hydrogens is 138 g/mol. The fraction of sp³-hybridized carbons (Fsp3) is 0.500. The van der Waals surface area contributed by atoms with Crippen molar-refractivity contribution in [1.82, 2.24) is 9.97 Å². The second kappa shape index (κ2) is 3.44. The molecule has 60 valence electrons. The van der Waals surface area contributed by atoms with Gasteiger partial charge >= 0.3 is 0 Å². The second-order valence-electron chi connectivity index (χ2n) is 2.58. The van der Waals surface area contributed by atoms with Crippen LogP contribution in [0.25, 0.3) is 0 Å². The molecule has 0 bridgehead atoms. The van der Waals surface area contributed by atoms with E-state index in [9.17, 15) is 0 Å². The molecule has 0 radical (unpaired) electrons. The van der Waals surface area contributed by atoms with E-state index in [-0.39, 0.29) is 6.04 Å². The van der Waals surface area contributed by atoms with Crippen LogP contribution in [0.1, 0.15) is 30.6 Å². The normalized spacial score (nSPS) is 13.0. The molecule has 1 rings (SSSR count). The van der Waals surface area contributed by atoms with E-state index in [0.717, 1.165) is 17.7 Å². The summed E-state index contributed by atoms with van der Waals surface area (Å²) in [5.41, 5.74) is 7.85. The predicted octanol–water partition coefficient (Wildman–Crippen LogP) is 1.19. The zero-order chi connectivity index (χ0) is 8.27. The third-order valence-corrected chi connectivity index (χ3v) is 1.79. The van der Waals surface area contributed by atoms with E-state index in [4.69, 9.17) is 5.73 Å². The molecule has 0 aromatic carbocycles. The lowest BCUT2D eigenvalue weighted by molar-refractivity contribution is 0.683. The van der Waals surface area contributed by atoms with Gasteiger partial charge in [-0.25, -0.2) is 9.97 Å². The summed E-state index contributed by atoms with van der Waals surface area (Å²) >= 11 is 0. The summed E-state index contributed by atoms with van der Waals surface area (Å²) in [4.78, 5) is 7.98. The van der Waals surface area contributed by atoms with Gasteiger partial charge in [0.05, 0.1) is 0 Å². The Hall–Kier alpha value is -0.960. The standard InChI is InChI=1S/C8H13N3/c1-3-8(9)7-4-10-5-11-6(7)2/h4-5,8H,3,9H2,1-2H3. The zero-order valence-electron chi connectivity index (χ0n) is 6.91. The molecule has 0 fully saturated rings. The Labute approximate surface area is 66.7 Å². The Balaban J connectivity index is 2.93. The minimum absolute atomic E-state index is 0.0798. The molecule has 3 heteroatoms. The Morgan fingerprint density at radius 3 is 2.91 bits per heavy atom. The fourth-order valence-electron chi connectivity index (χ4n) is 0.985. The molecule has 0 aliphatic rings. The number of aryl methyl sites for hydroxylation is 1. The van der Waals surface area contributed by atoms with Crippen molar-refractivity contribution >= 4 is 0 Å². The summed E-state index contributed by atoms with van der Waals surface area (Å²) in [5.74, 6) is 0. The highest BCUT2D eigenvalue weighted by Gasteiger charge is 2.06. The van der Waals surface area contributed by atoms with Gasteiger partial charge in [0.1, 0.15) is 6.33 Å². The monoisotopic (exact) mass is 151 g/mol. The maximum atomic E-state index is 5.82. The first-order valence-electron chi connectivity index (χ1n) is 3.77. The predicted molar refractivity (Wildman–Crippen MR) is 44.0 cm³/mol. The van der Waals surface area contributed by atoms with Crippen LogP contribution in [-0.4, -0.2) is 9.97 Å². The van der Waals surface area contributed by atoms with E-state index in [1.54, 1.807) is 12.5 Å². The van der Waals surface area contributed by atoms with Crippen LogP contribution in [0.3, 0.4) is 0 Å². The van der Waals surface area contributed by atoms with Gasteiger partial charge in [-0.1, -0.05) is 6.92 Å². The molecule has 3 nitrogen and oxygen atoms in total. The summed E-state index contributed by atoms with van der Waals surface area (Å²) in [7, 11) is 0. The highest BCUT2D eigenvalue weighted by molar-refractivity contribution is 5.17. The summed E-state index contributed by atoms with van der Waals surface area (Å²) in [6.45, 7) is 4.00. The van der Waals surface area contributed by atoms with E-state index in [0.29, 0.717) is 0 Å². The SMILES string of the molecule is CCC(N)c1cncnc1C. The molecule has 11 heavy (non-hydrogen) atoms. The van der Waals surface area contributed by atoms with Gasteiger partial charge in [-0.05, 0) is 13.3 Å². The molecule has 0 saturated carbocycles. The third kappa shape index (κ3) is 1.74. The van der Waals surface area contributed by atoms with Crippen molar-refractivity contribution in [3.63, 3.8) is 0 Å². The molecule has 1 unspecified atom stereocenters. The lowest BCUT2D eigenvalue weighted by atomic mass is 10.1. The quantitative estimate of drug-likeness (QED) is 0.690. The number of nitrogens with zero attached hydrogens (tertiary/aromatic N) is 2. The highest BCUT2D eigenvalue weighted by Crippen LogP contribution is 2.13. The Bertz CT molecular complexity index is 235. The van der Waals surface area contributed by atoms with Gasteiger partial charge in [0.2, 0.25) is 0 Å². The molecule has 0 saturated heterocycles. The van der Waals surface area contributed by atoms with E-state index in [1.165, 1.54) is 0 Å². The molecule has 1 atom stereocenters. The molecule has 0 spiro atoms. The van der Waals surface area contributed by atoms with Crippen molar-refractivity contribution in [2.45, 2.75) is 26.3 Å². The molecule has 1 aromatic heterocycles. The van der Waals surface area contributed by atoms with E-state index in [1.807, 2.05) is 6.92 Å². The average Bonchev–Trinajstić information content (AvgIpc) is 2.04. The lowest BCUT2D eigenvalue weighted by Gasteiger charge is -2.09. The molecule has 0 aliphatic carbocycles. The maximum absolute atomic E-state index is 5.82. The van der Waals surface area contributed by atoms with Crippen molar-refractivity contribution < 1.29 is 0 Å². The largest absolute Gasteiger partial charge is 0.324 e. The van der Waals surface area contributed by atoms with E-state index >= 15 is 0 Å². The summed E-state index contributed by atoms with van der Waals surface area (Å²) in [6.07, 6.45) is 4.26. The van der Waals surface area contributed by atoms with Crippen molar-refractivity contribution in [2.24, 2.45) is 5.73 Å². The second-order valence-corrected chi connectivity index (χ2v) is 2.58. The van der Waals surface area contributed by atoms with Gasteiger partial charge in [-0.15, -0.1) is 0 Å². The van der Waals surface area contributed by atoms with Crippen LogP contribution in [0, 0.1) is 6.92 Å². The first-order chi connectivity index (χ1) is 5.25. The first kappa shape index (κ1) is 8.14. The van der Waals surface area contributed by atoms with Gasteiger partial charge in [0, 0.05) is 23.5 Å². The lowest BCUT2D eigenvalue weighted by Crippen LogP contribution is -2.11. The fourth-order valence-corrected chi connectivity index (χ4v) is 0.985. The van der Waals surface area contributed by atoms with Crippen molar-refractivity contribution in [3.05, 3.63) is 23.8 Å². The molecule has 1 aromatic rings. The summed E-state index contributed by atoms with van der Waals surface area (Å²) in [5, 5.41) is 0. The Morgan fingerprint density at radius 2 is 2.36 bits per heavy atom. The minimum Gasteiger partial charge on any atom is -0.324 e. The summed E-state index contributed by atoms with van der Waals surface area (Å²) in [6, 6.07) is 0.0798. The topological polar surface area (TPSA) is 51.8 Å². The van der Waals surface area contributed by atoms with Crippen LogP contribution in [0.2, 0.25) is 0 Å².